The molecule has 0 saturated heterocycles. The van der Waals surface area contributed by atoms with Crippen LogP contribution in [0.1, 0.15) is 27.8 Å². The van der Waals surface area contributed by atoms with Crippen LogP contribution in [0.25, 0.3) is 22.1 Å². The SMILES string of the molecule is Cc1cc(C)c(C)c(COc2cc3oc(=O)cc(-c4ccccc4)c3cc2Cl)c1C. The van der Waals surface area contributed by atoms with Crippen molar-refractivity contribution in [2.75, 3.05) is 0 Å². The van der Waals surface area contributed by atoms with E-state index < -0.39 is 5.63 Å². The molecule has 0 fully saturated rings. The van der Waals surface area contributed by atoms with E-state index in [-0.39, 0.29) is 0 Å². The highest BCUT2D eigenvalue weighted by Crippen LogP contribution is 2.35. The second-order valence-corrected chi connectivity index (χ2v) is 8.06. The number of benzene rings is 3. The largest absolute Gasteiger partial charge is 0.487 e. The molecule has 3 aromatic carbocycles. The third-order valence-corrected chi connectivity index (χ3v) is 6.07. The maximum atomic E-state index is 12.2. The monoisotopic (exact) mass is 418 g/mol. The van der Waals surface area contributed by atoms with Crippen molar-refractivity contribution >= 4 is 22.6 Å². The van der Waals surface area contributed by atoms with Crippen molar-refractivity contribution in [1.29, 1.82) is 0 Å². The van der Waals surface area contributed by atoms with Crippen molar-refractivity contribution in [2.45, 2.75) is 34.3 Å². The number of rotatable bonds is 4. The number of hydrogen-bond acceptors (Lipinski definition) is 3. The second kappa shape index (κ2) is 8.00. The first-order valence-corrected chi connectivity index (χ1v) is 10.2. The Labute approximate surface area is 180 Å². The molecule has 4 aromatic rings. The summed E-state index contributed by atoms with van der Waals surface area (Å²) in [4.78, 5) is 12.2. The molecule has 1 heterocycles. The Morgan fingerprint density at radius 3 is 2.23 bits per heavy atom. The summed E-state index contributed by atoms with van der Waals surface area (Å²) in [5, 5.41) is 1.25. The fourth-order valence-electron chi connectivity index (χ4n) is 3.80. The van der Waals surface area contributed by atoms with E-state index in [2.05, 4.69) is 33.8 Å². The molecule has 0 aliphatic rings. The van der Waals surface area contributed by atoms with Crippen LogP contribution in [0.3, 0.4) is 0 Å². The summed E-state index contributed by atoms with van der Waals surface area (Å²) in [7, 11) is 0. The van der Waals surface area contributed by atoms with Gasteiger partial charge in [0.25, 0.3) is 0 Å². The van der Waals surface area contributed by atoms with Crippen molar-refractivity contribution in [3.63, 3.8) is 0 Å². The number of aryl methyl sites for hydroxylation is 2. The Kier molecular flexibility index (Phi) is 5.40. The average Bonchev–Trinajstić information content (AvgIpc) is 2.73. The van der Waals surface area contributed by atoms with Crippen molar-refractivity contribution in [3.8, 4) is 16.9 Å². The van der Waals surface area contributed by atoms with Gasteiger partial charge in [-0.3, -0.25) is 0 Å². The Bertz CT molecular complexity index is 1280. The zero-order valence-electron chi connectivity index (χ0n) is 17.5. The van der Waals surface area contributed by atoms with E-state index in [1.54, 1.807) is 12.1 Å². The molecule has 4 heteroatoms. The molecule has 0 N–H and O–H groups in total. The van der Waals surface area contributed by atoms with Crippen LogP contribution in [0.4, 0.5) is 0 Å². The minimum atomic E-state index is -0.407. The highest BCUT2D eigenvalue weighted by molar-refractivity contribution is 6.33. The minimum Gasteiger partial charge on any atom is -0.487 e. The van der Waals surface area contributed by atoms with Gasteiger partial charge in [-0.15, -0.1) is 0 Å². The first kappa shape index (κ1) is 20.2. The third-order valence-electron chi connectivity index (χ3n) is 5.78. The minimum absolute atomic E-state index is 0.397. The molecule has 0 spiro atoms. The molecule has 1 aromatic heterocycles. The van der Waals surface area contributed by atoms with Gasteiger partial charge in [0.15, 0.2) is 0 Å². The zero-order chi connectivity index (χ0) is 21.4. The van der Waals surface area contributed by atoms with Gasteiger partial charge in [0.05, 0.1) is 5.02 Å². The van der Waals surface area contributed by atoms with E-state index in [1.807, 2.05) is 30.3 Å². The van der Waals surface area contributed by atoms with Crippen LogP contribution >= 0.6 is 11.6 Å². The summed E-state index contributed by atoms with van der Waals surface area (Å²) in [6, 6.07) is 16.9. The number of fused-ring (bicyclic) bond motifs is 1. The zero-order valence-corrected chi connectivity index (χ0v) is 18.3. The quantitative estimate of drug-likeness (QED) is 0.337. The van der Waals surface area contributed by atoms with E-state index >= 15 is 0 Å². The lowest BCUT2D eigenvalue weighted by Crippen LogP contribution is -2.05. The summed E-state index contributed by atoms with van der Waals surface area (Å²) < 4.78 is 11.6. The van der Waals surface area contributed by atoms with E-state index in [9.17, 15) is 4.79 Å². The van der Waals surface area contributed by atoms with E-state index in [0.717, 1.165) is 22.1 Å². The molecule has 3 nitrogen and oxygen atoms in total. The summed E-state index contributed by atoms with van der Waals surface area (Å²) >= 11 is 6.57. The molecule has 0 radical (unpaired) electrons. The summed E-state index contributed by atoms with van der Waals surface area (Å²) in [5.41, 5.74) is 7.83. The van der Waals surface area contributed by atoms with Crippen LogP contribution in [0.2, 0.25) is 5.02 Å². The molecule has 0 amide bonds. The van der Waals surface area contributed by atoms with Gasteiger partial charge < -0.3 is 9.15 Å². The summed E-state index contributed by atoms with van der Waals surface area (Å²) in [6.45, 7) is 8.82. The van der Waals surface area contributed by atoms with Crippen molar-refractivity contribution in [3.05, 3.63) is 97.9 Å². The normalized spacial score (nSPS) is 11.1. The van der Waals surface area contributed by atoms with Crippen LogP contribution in [-0.2, 0) is 6.61 Å². The topological polar surface area (TPSA) is 39.4 Å². The lowest BCUT2D eigenvalue weighted by atomic mass is 9.95. The van der Waals surface area contributed by atoms with Gasteiger partial charge in [0.2, 0.25) is 0 Å². The Hall–Kier alpha value is -3.04. The predicted molar refractivity (Wildman–Crippen MR) is 123 cm³/mol. The third kappa shape index (κ3) is 3.73. The average molecular weight is 419 g/mol. The molecule has 0 unspecified atom stereocenters. The smallest absolute Gasteiger partial charge is 0.336 e. The van der Waals surface area contributed by atoms with Gasteiger partial charge in [-0.25, -0.2) is 4.79 Å². The Morgan fingerprint density at radius 2 is 1.57 bits per heavy atom. The van der Waals surface area contributed by atoms with Gasteiger partial charge in [-0.1, -0.05) is 48.0 Å². The standard InChI is InChI=1S/C26H23ClO3/c1-15-10-16(2)18(4)22(17(15)3)14-29-25-13-24-21(11-23(25)27)20(12-26(28)30-24)19-8-6-5-7-9-19/h5-13H,14H2,1-4H3. The number of hydrogen-bond donors (Lipinski definition) is 0. The second-order valence-electron chi connectivity index (χ2n) is 7.65. The molecular formula is C26H23ClO3. The molecular weight excluding hydrogens is 396 g/mol. The maximum Gasteiger partial charge on any atom is 0.336 e. The highest BCUT2D eigenvalue weighted by Gasteiger charge is 2.14. The van der Waals surface area contributed by atoms with Gasteiger partial charge in [-0.05, 0) is 72.7 Å². The molecule has 152 valence electrons. The van der Waals surface area contributed by atoms with Crippen molar-refractivity contribution in [2.24, 2.45) is 0 Å². The van der Waals surface area contributed by atoms with Crippen molar-refractivity contribution < 1.29 is 9.15 Å². The Morgan fingerprint density at radius 1 is 0.900 bits per heavy atom. The lowest BCUT2D eigenvalue weighted by Gasteiger charge is -2.17. The van der Waals surface area contributed by atoms with E-state index in [0.29, 0.717) is 23.0 Å². The summed E-state index contributed by atoms with van der Waals surface area (Å²) in [6.07, 6.45) is 0. The van der Waals surface area contributed by atoms with Crippen LogP contribution in [0.15, 0.2) is 63.8 Å². The molecule has 4 rings (SSSR count). The van der Waals surface area contributed by atoms with Crippen LogP contribution < -0.4 is 10.4 Å². The fraction of sp³-hybridized carbons (Fsp3) is 0.192. The van der Waals surface area contributed by atoms with Crippen molar-refractivity contribution in [1.82, 2.24) is 0 Å². The molecule has 0 aliphatic heterocycles. The van der Waals surface area contributed by atoms with Crippen LogP contribution in [0, 0.1) is 27.7 Å². The van der Waals surface area contributed by atoms with Crippen LogP contribution in [-0.4, -0.2) is 0 Å². The number of halogens is 1. The molecule has 0 saturated carbocycles. The van der Waals surface area contributed by atoms with Crippen LogP contribution in [0.5, 0.6) is 5.75 Å². The molecule has 30 heavy (non-hydrogen) atoms. The van der Waals surface area contributed by atoms with Gasteiger partial charge >= 0.3 is 5.63 Å². The first-order chi connectivity index (χ1) is 14.3. The summed E-state index contributed by atoms with van der Waals surface area (Å²) in [5.74, 6) is 0.496. The fourth-order valence-corrected chi connectivity index (χ4v) is 4.01. The van der Waals surface area contributed by atoms with Gasteiger partial charge in [0.1, 0.15) is 17.9 Å². The van der Waals surface area contributed by atoms with E-state index in [4.69, 9.17) is 20.8 Å². The number of ether oxygens (including phenoxy) is 1. The predicted octanol–water partition coefficient (Wildman–Crippen LogP) is 6.93. The molecule has 0 aliphatic carbocycles. The van der Waals surface area contributed by atoms with E-state index in [1.165, 1.54) is 28.3 Å². The first-order valence-electron chi connectivity index (χ1n) is 9.87. The highest BCUT2D eigenvalue weighted by atomic mass is 35.5. The molecule has 0 bridgehead atoms. The van der Waals surface area contributed by atoms with Gasteiger partial charge in [-0.2, -0.15) is 0 Å². The maximum absolute atomic E-state index is 12.2. The Balaban J connectivity index is 1.76. The van der Waals surface area contributed by atoms with Gasteiger partial charge in [0, 0.05) is 17.5 Å². The lowest BCUT2D eigenvalue weighted by molar-refractivity contribution is 0.304. The molecule has 0 atom stereocenters.